The number of halogens is 1. The summed E-state index contributed by atoms with van der Waals surface area (Å²) < 4.78 is 1.15. The Bertz CT molecular complexity index is 630. The number of nitrogens with zero attached hydrogens (tertiary/aromatic N) is 2. The van der Waals surface area contributed by atoms with Crippen molar-refractivity contribution in [3.05, 3.63) is 39.6 Å². The maximum absolute atomic E-state index is 4.58. The van der Waals surface area contributed by atoms with Gasteiger partial charge in [-0.2, -0.15) is 0 Å². The molecule has 21 heavy (non-hydrogen) atoms. The molecule has 0 saturated carbocycles. The minimum atomic E-state index is 0.284. The monoisotopic (exact) mass is 348 g/mol. The zero-order chi connectivity index (χ0) is 15.6. The molecule has 0 fully saturated rings. The SMILES string of the molecule is CNc1cc(Nc2cc(C)c(Br)c(C)c2)nc(C(C)C)n1. The maximum atomic E-state index is 4.58. The first-order valence-electron chi connectivity index (χ1n) is 7.01. The number of hydrogen-bond acceptors (Lipinski definition) is 4. The summed E-state index contributed by atoms with van der Waals surface area (Å²) in [5.41, 5.74) is 3.43. The van der Waals surface area contributed by atoms with Crippen LogP contribution < -0.4 is 10.6 Å². The van der Waals surface area contributed by atoms with Gasteiger partial charge in [0.2, 0.25) is 0 Å². The average Bonchev–Trinajstić information content (AvgIpc) is 2.44. The first-order chi connectivity index (χ1) is 9.90. The highest BCUT2D eigenvalue weighted by molar-refractivity contribution is 9.10. The Morgan fingerprint density at radius 3 is 2.10 bits per heavy atom. The number of anilines is 3. The Kier molecular flexibility index (Phi) is 4.83. The second-order valence-electron chi connectivity index (χ2n) is 5.45. The molecule has 2 rings (SSSR count). The molecule has 0 aliphatic rings. The predicted molar refractivity (Wildman–Crippen MR) is 92.6 cm³/mol. The van der Waals surface area contributed by atoms with Gasteiger partial charge in [-0.1, -0.05) is 29.8 Å². The molecule has 0 bridgehead atoms. The van der Waals surface area contributed by atoms with Gasteiger partial charge in [-0.3, -0.25) is 0 Å². The van der Waals surface area contributed by atoms with Crippen LogP contribution in [0.15, 0.2) is 22.7 Å². The van der Waals surface area contributed by atoms with Crippen molar-refractivity contribution in [2.75, 3.05) is 17.7 Å². The van der Waals surface area contributed by atoms with Gasteiger partial charge in [-0.25, -0.2) is 9.97 Å². The largest absolute Gasteiger partial charge is 0.373 e. The van der Waals surface area contributed by atoms with Crippen molar-refractivity contribution in [1.29, 1.82) is 0 Å². The number of aromatic nitrogens is 2. The molecule has 1 aromatic heterocycles. The zero-order valence-corrected chi connectivity index (χ0v) is 14.7. The third-order valence-corrected chi connectivity index (χ3v) is 4.48. The second-order valence-corrected chi connectivity index (χ2v) is 6.24. The lowest BCUT2D eigenvalue weighted by molar-refractivity contribution is 0.778. The summed E-state index contributed by atoms with van der Waals surface area (Å²) in [6.07, 6.45) is 0. The van der Waals surface area contributed by atoms with Crippen molar-refractivity contribution in [2.24, 2.45) is 0 Å². The van der Waals surface area contributed by atoms with E-state index in [0.29, 0.717) is 0 Å². The van der Waals surface area contributed by atoms with Crippen LogP contribution in [-0.4, -0.2) is 17.0 Å². The Labute approximate surface area is 134 Å². The number of nitrogens with one attached hydrogen (secondary N) is 2. The maximum Gasteiger partial charge on any atom is 0.136 e. The van der Waals surface area contributed by atoms with Crippen molar-refractivity contribution < 1.29 is 0 Å². The van der Waals surface area contributed by atoms with E-state index in [1.165, 1.54) is 11.1 Å². The molecule has 0 radical (unpaired) electrons. The third-order valence-electron chi connectivity index (χ3n) is 3.22. The molecular formula is C16H21BrN4. The molecular weight excluding hydrogens is 328 g/mol. The van der Waals surface area contributed by atoms with Crippen molar-refractivity contribution in [1.82, 2.24) is 9.97 Å². The van der Waals surface area contributed by atoms with Gasteiger partial charge in [-0.05, 0) is 37.1 Å². The molecule has 2 aromatic rings. The van der Waals surface area contributed by atoms with Crippen LogP contribution in [-0.2, 0) is 0 Å². The summed E-state index contributed by atoms with van der Waals surface area (Å²) in [5.74, 6) is 2.74. The van der Waals surface area contributed by atoms with Gasteiger partial charge in [0.25, 0.3) is 0 Å². The summed E-state index contributed by atoms with van der Waals surface area (Å²) >= 11 is 3.59. The van der Waals surface area contributed by atoms with E-state index in [2.05, 4.69) is 76.4 Å². The van der Waals surface area contributed by atoms with Crippen molar-refractivity contribution in [2.45, 2.75) is 33.6 Å². The quantitative estimate of drug-likeness (QED) is 0.835. The summed E-state index contributed by atoms with van der Waals surface area (Å²) in [6, 6.07) is 6.12. The third kappa shape index (κ3) is 3.73. The lowest BCUT2D eigenvalue weighted by Gasteiger charge is -2.13. The molecule has 1 aromatic carbocycles. The van der Waals surface area contributed by atoms with E-state index in [-0.39, 0.29) is 5.92 Å². The molecule has 0 aliphatic carbocycles. The van der Waals surface area contributed by atoms with E-state index in [0.717, 1.165) is 27.6 Å². The first-order valence-corrected chi connectivity index (χ1v) is 7.80. The van der Waals surface area contributed by atoms with Crippen molar-refractivity contribution in [3.8, 4) is 0 Å². The standard InChI is InChI=1S/C16H21BrN4/c1-9(2)16-20-13(18-5)8-14(21-16)19-12-6-10(3)15(17)11(4)7-12/h6-9H,1-5H3,(H2,18,19,20,21). The first kappa shape index (κ1) is 15.8. The van der Waals surface area contributed by atoms with E-state index in [4.69, 9.17) is 0 Å². The fourth-order valence-electron chi connectivity index (χ4n) is 2.08. The summed E-state index contributed by atoms with van der Waals surface area (Å²) in [7, 11) is 1.87. The van der Waals surface area contributed by atoms with Crippen LogP contribution >= 0.6 is 15.9 Å². The normalized spacial score (nSPS) is 10.8. The van der Waals surface area contributed by atoms with Crippen molar-refractivity contribution in [3.63, 3.8) is 0 Å². The van der Waals surface area contributed by atoms with Crippen molar-refractivity contribution >= 4 is 33.3 Å². The number of benzene rings is 1. The van der Waals surface area contributed by atoms with E-state index in [1.54, 1.807) is 0 Å². The number of rotatable bonds is 4. The molecule has 0 amide bonds. The van der Waals surface area contributed by atoms with Gasteiger partial charge < -0.3 is 10.6 Å². The highest BCUT2D eigenvalue weighted by atomic mass is 79.9. The fraction of sp³-hybridized carbons (Fsp3) is 0.375. The lowest BCUT2D eigenvalue weighted by Crippen LogP contribution is -2.05. The minimum absolute atomic E-state index is 0.284. The number of hydrogen-bond donors (Lipinski definition) is 2. The van der Waals surface area contributed by atoms with Gasteiger partial charge in [0.15, 0.2) is 0 Å². The van der Waals surface area contributed by atoms with Crippen LogP contribution in [0.3, 0.4) is 0 Å². The van der Waals surface area contributed by atoms with Gasteiger partial charge in [0.05, 0.1) is 0 Å². The van der Waals surface area contributed by atoms with E-state index < -0.39 is 0 Å². The van der Waals surface area contributed by atoms with Gasteiger partial charge in [0.1, 0.15) is 17.5 Å². The molecule has 0 aliphatic heterocycles. The van der Waals surface area contributed by atoms with Crippen LogP contribution in [0.2, 0.25) is 0 Å². The molecule has 0 saturated heterocycles. The topological polar surface area (TPSA) is 49.8 Å². The van der Waals surface area contributed by atoms with E-state index in [1.807, 2.05) is 13.1 Å². The molecule has 0 unspecified atom stereocenters. The fourth-order valence-corrected chi connectivity index (χ4v) is 2.31. The van der Waals surface area contributed by atoms with Gasteiger partial charge in [-0.15, -0.1) is 0 Å². The van der Waals surface area contributed by atoms with Crippen LogP contribution in [0.4, 0.5) is 17.3 Å². The Hall–Kier alpha value is -1.62. The summed E-state index contributed by atoms with van der Waals surface area (Å²) in [4.78, 5) is 9.06. The van der Waals surface area contributed by atoms with Crippen LogP contribution in [0, 0.1) is 13.8 Å². The Morgan fingerprint density at radius 2 is 1.57 bits per heavy atom. The smallest absolute Gasteiger partial charge is 0.136 e. The van der Waals surface area contributed by atoms with Crippen LogP contribution in [0.25, 0.3) is 0 Å². The molecule has 4 nitrogen and oxygen atoms in total. The molecule has 5 heteroatoms. The van der Waals surface area contributed by atoms with Gasteiger partial charge in [0, 0.05) is 29.2 Å². The predicted octanol–water partition coefficient (Wildman–Crippen LogP) is 4.76. The van der Waals surface area contributed by atoms with E-state index >= 15 is 0 Å². The highest BCUT2D eigenvalue weighted by Gasteiger charge is 2.09. The average molecular weight is 349 g/mol. The highest BCUT2D eigenvalue weighted by Crippen LogP contribution is 2.27. The van der Waals surface area contributed by atoms with Gasteiger partial charge >= 0.3 is 0 Å². The number of aryl methyl sites for hydroxylation is 2. The molecule has 112 valence electrons. The van der Waals surface area contributed by atoms with Crippen LogP contribution in [0.5, 0.6) is 0 Å². The zero-order valence-electron chi connectivity index (χ0n) is 13.1. The molecule has 2 N–H and O–H groups in total. The summed E-state index contributed by atoms with van der Waals surface area (Å²) in [5, 5.41) is 6.45. The Morgan fingerprint density at radius 1 is 1.00 bits per heavy atom. The Balaban J connectivity index is 2.37. The molecule has 0 spiro atoms. The van der Waals surface area contributed by atoms with E-state index in [9.17, 15) is 0 Å². The van der Waals surface area contributed by atoms with Crippen LogP contribution in [0.1, 0.15) is 36.7 Å². The molecule has 0 atom stereocenters. The summed E-state index contributed by atoms with van der Waals surface area (Å²) in [6.45, 7) is 8.35. The lowest BCUT2D eigenvalue weighted by atomic mass is 10.1. The minimum Gasteiger partial charge on any atom is -0.373 e. The second kappa shape index (κ2) is 6.43. The molecule has 1 heterocycles.